The lowest BCUT2D eigenvalue weighted by Gasteiger charge is -2.28. The van der Waals surface area contributed by atoms with Gasteiger partial charge in [0.15, 0.2) is 5.82 Å². The summed E-state index contributed by atoms with van der Waals surface area (Å²) in [5, 5.41) is 11.3. The van der Waals surface area contributed by atoms with E-state index in [2.05, 4.69) is 22.5 Å². The molecule has 10 nitrogen and oxygen atoms in total. The average Bonchev–Trinajstić information content (AvgIpc) is 3.79. The van der Waals surface area contributed by atoms with Gasteiger partial charge in [-0.25, -0.2) is 14.2 Å². The van der Waals surface area contributed by atoms with Crippen molar-refractivity contribution < 1.29 is 18.7 Å². The van der Waals surface area contributed by atoms with Gasteiger partial charge in [0.25, 0.3) is 5.91 Å². The fraction of sp³-hybridized carbons (Fsp3) is 0.359. The molecule has 1 saturated heterocycles. The summed E-state index contributed by atoms with van der Waals surface area (Å²) >= 11 is 13.1. The molecule has 1 aliphatic heterocycles. The SMILES string of the molecule is CCC(CCN)n1c(C2CCCN2C(=O)OC)cc2c(-c3ccc(C(=O)N(C)C)nc3)nc3c(F)c(-c4cccc(Cl)c4Cl)c(CCC#N)cc3c21. The molecule has 2 amide bonds. The van der Waals surface area contributed by atoms with E-state index in [9.17, 15) is 14.9 Å². The van der Waals surface area contributed by atoms with Crippen molar-refractivity contribution in [3.63, 3.8) is 0 Å². The van der Waals surface area contributed by atoms with E-state index in [1.165, 1.54) is 12.0 Å². The van der Waals surface area contributed by atoms with Crippen molar-refractivity contribution >= 4 is 57.0 Å². The van der Waals surface area contributed by atoms with E-state index in [4.69, 9.17) is 38.7 Å². The number of amides is 2. The van der Waals surface area contributed by atoms with Crippen LogP contribution in [0.2, 0.25) is 10.0 Å². The first kappa shape index (κ1) is 37.0. The van der Waals surface area contributed by atoms with Crippen LogP contribution >= 0.6 is 23.2 Å². The number of hydrogen-bond acceptors (Lipinski definition) is 7. The van der Waals surface area contributed by atoms with Crippen molar-refractivity contribution in [3.05, 3.63) is 81.5 Å². The summed E-state index contributed by atoms with van der Waals surface area (Å²) in [5.74, 6) is -0.865. The number of nitriles is 1. The smallest absolute Gasteiger partial charge is 0.410 e. The van der Waals surface area contributed by atoms with Crippen molar-refractivity contribution in [2.24, 2.45) is 5.73 Å². The minimum Gasteiger partial charge on any atom is -0.453 e. The Morgan fingerprint density at radius 3 is 2.63 bits per heavy atom. The maximum atomic E-state index is 17.5. The molecule has 3 aromatic heterocycles. The van der Waals surface area contributed by atoms with Crippen LogP contribution < -0.4 is 5.73 Å². The number of nitrogens with zero attached hydrogens (tertiary/aromatic N) is 6. The van der Waals surface area contributed by atoms with E-state index in [1.807, 2.05) is 12.1 Å². The average molecular weight is 745 g/mol. The van der Waals surface area contributed by atoms with Gasteiger partial charge in [-0.15, -0.1) is 0 Å². The first-order valence-corrected chi connectivity index (χ1v) is 18.1. The van der Waals surface area contributed by atoms with Crippen LogP contribution in [0, 0.1) is 17.1 Å². The zero-order valence-electron chi connectivity index (χ0n) is 29.5. The van der Waals surface area contributed by atoms with Crippen LogP contribution in [0.3, 0.4) is 0 Å². The molecule has 6 rings (SSSR count). The number of aryl methyl sites for hydroxylation is 1. The Bertz CT molecular complexity index is 2210. The second-order valence-electron chi connectivity index (χ2n) is 13.1. The van der Waals surface area contributed by atoms with Crippen LogP contribution in [-0.2, 0) is 11.2 Å². The minimum absolute atomic E-state index is 0.0902. The molecule has 0 aliphatic carbocycles. The third kappa shape index (κ3) is 6.55. The van der Waals surface area contributed by atoms with E-state index in [1.54, 1.807) is 55.5 Å². The van der Waals surface area contributed by atoms with Crippen LogP contribution in [0.15, 0.2) is 48.7 Å². The topological polar surface area (TPSA) is 130 Å². The number of nitrogens with two attached hydrogens (primary N) is 1. The van der Waals surface area contributed by atoms with Gasteiger partial charge in [-0.2, -0.15) is 5.26 Å². The highest BCUT2D eigenvalue weighted by Gasteiger charge is 2.36. The molecule has 52 heavy (non-hydrogen) atoms. The maximum absolute atomic E-state index is 17.5. The maximum Gasteiger partial charge on any atom is 0.410 e. The van der Waals surface area contributed by atoms with E-state index in [0.29, 0.717) is 60.1 Å². The Balaban J connectivity index is 1.78. The molecule has 2 atom stereocenters. The summed E-state index contributed by atoms with van der Waals surface area (Å²) in [6, 6.07) is 14.1. The van der Waals surface area contributed by atoms with Crippen LogP contribution in [0.25, 0.3) is 44.2 Å². The molecule has 0 spiro atoms. The monoisotopic (exact) mass is 743 g/mol. The van der Waals surface area contributed by atoms with Crippen LogP contribution in [0.5, 0.6) is 0 Å². The Morgan fingerprint density at radius 1 is 1.19 bits per heavy atom. The largest absolute Gasteiger partial charge is 0.453 e. The number of halogens is 3. The second kappa shape index (κ2) is 15.5. The summed E-state index contributed by atoms with van der Waals surface area (Å²) in [5.41, 5.74) is 10.4. The van der Waals surface area contributed by atoms with Crippen molar-refractivity contribution in [2.45, 2.75) is 57.5 Å². The molecule has 5 aromatic rings. The molecule has 2 aromatic carbocycles. The number of carbonyl (C=O) groups excluding carboxylic acids is 2. The van der Waals surface area contributed by atoms with Crippen LogP contribution in [0.4, 0.5) is 9.18 Å². The predicted molar refractivity (Wildman–Crippen MR) is 202 cm³/mol. The zero-order chi connectivity index (χ0) is 37.3. The fourth-order valence-electron chi connectivity index (χ4n) is 7.41. The lowest BCUT2D eigenvalue weighted by atomic mass is 9.92. The quantitative estimate of drug-likeness (QED) is 0.151. The number of hydrogen-bond donors (Lipinski definition) is 1. The molecule has 2 unspecified atom stereocenters. The summed E-state index contributed by atoms with van der Waals surface area (Å²) < 4.78 is 24.9. The number of methoxy groups -OCH3 is 1. The van der Waals surface area contributed by atoms with Gasteiger partial charge in [-0.05, 0) is 74.5 Å². The van der Waals surface area contributed by atoms with E-state index in [-0.39, 0.29) is 57.7 Å². The van der Waals surface area contributed by atoms with Gasteiger partial charge in [0.05, 0.1) is 40.5 Å². The normalized spacial score (nSPS) is 14.9. The van der Waals surface area contributed by atoms with E-state index in [0.717, 1.165) is 23.0 Å². The number of ether oxygens (including phenoxy) is 1. The molecule has 0 radical (unpaired) electrons. The summed E-state index contributed by atoms with van der Waals surface area (Å²) in [7, 11) is 4.68. The molecule has 13 heteroatoms. The fourth-order valence-corrected chi connectivity index (χ4v) is 7.80. The summed E-state index contributed by atoms with van der Waals surface area (Å²) in [6.07, 6.45) is 4.36. The van der Waals surface area contributed by atoms with Gasteiger partial charge >= 0.3 is 6.09 Å². The van der Waals surface area contributed by atoms with Crippen molar-refractivity contribution in [3.8, 4) is 28.5 Å². The number of likely N-dealkylation sites (tertiary alicyclic amines) is 1. The first-order chi connectivity index (χ1) is 25.1. The first-order valence-electron chi connectivity index (χ1n) is 17.3. The number of aromatic nitrogens is 3. The van der Waals surface area contributed by atoms with E-state index < -0.39 is 11.9 Å². The minimum atomic E-state index is -0.608. The van der Waals surface area contributed by atoms with Gasteiger partial charge in [0.1, 0.15) is 11.2 Å². The lowest BCUT2D eigenvalue weighted by Crippen LogP contribution is -2.32. The molecule has 1 fully saturated rings. The van der Waals surface area contributed by atoms with Crippen molar-refractivity contribution in [1.82, 2.24) is 24.3 Å². The van der Waals surface area contributed by atoms with Gasteiger partial charge in [0, 0.05) is 72.5 Å². The predicted octanol–water partition coefficient (Wildman–Crippen LogP) is 8.73. The molecule has 270 valence electrons. The second-order valence-corrected chi connectivity index (χ2v) is 13.9. The van der Waals surface area contributed by atoms with Crippen molar-refractivity contribution in [2.75, 3.05) is 34.3 Å². The third-order valence-corrected chi connectivity index (χ3v) is 10.7. The number of rotatable bonds is 10. The number of fused-ring (bicyclic) bond motifs is 3. The standard InChI is InChI=1S/C39H40Cl2FN7O3/c1-5-24(15-17-44)49-31(30-12-8-18-48(30)39(51)52-4)20-27-35(23-13-14-29(45-21-23)38(50)47(2)3)46-36-26(37(27)49)19-22(9-7-16-43)32(34(36)42)25-10-6-11-28(40)33(25)41/h6,10-11,13-14,19-21,24,30H,5,7-9,12,15,17-18,44H2,1-4H3. The summed E-state index contributed by atoms with van der Waals surface area (Å²) in [6.45, 7) is 3.01. The molecule has 1 aliphatic rings. The lowest BCUT2D eigenvalue weighted by molar-refractivity contribution is 0.0822. The van der Waals surface area contributed by atoms with Gasteiger partial charge in [0.2, 0.25) is 0 Å². The van der Waals surface area contributed by atoms with Gasteiger partial charge in [-0.1, -0.05) is 42.3 Å². The van der Waals surface area contributed by atoms with Crippen molar-refractivity contribution in [1.29, 1.82) is 5.26 Å². The highest BCUT2D eigenvalue weighted by Crippen LogP contribution is 2.46. The highest BCUT2D eigenvalue weighted by molar-refractivity contribution is 6.43. The molecular formula is C39H40Cl2FN7O3. The molecular weight excluding hydrogens is 704 g/mol. The summed E-state index contributed by atoms with van der Waals surface area (Å²) in [4.78, 5) is 38.5. The van der Waals surface area contributed by atoms with Gasteiger partial charge < -0.3 is 19.9 Å². The Labute approximate surface area is 311 Å². The Hall–Kier alpha value is -4.76. The number of benzene rings is 2. The highest BCUT2D eigenvalue weighted by atomic mass is 35.5. The molecule has 2 N–H and O–H groups in total. The molecule has 0 saturated carbocycles. The van der Waals surface area contributed by atoms with Crippen LogP contribution in [0.1, 0.15) is 72.9 Å². The molecule has 0 bridgehead atoms. The molecule has 4 heterocycles. The van der Waals surface area contributed by atoms with E-state index >= 15 is 4.39 Å². The zero-order valence-corrected chi connectivity index (χ0v) is 31.1. The van der Waals surface area contributed by atoms with Gasteiger partial charge in [-0.3, -0.25) is 14.7 Å². The number of pyridine rings is 2. The Kier molecular flexibility index (Phi) is 11.0. The number of carbonyl (C=O) groups is 2. The Morgan fingerprint density at radius 2 is 1.98 bits per heavy atom. The van der Waals surface area contributed by atoms with Crippen LogP contribution in [-0.4, -0.2) is 70.6 Å². The third-order valence-electron chi connectivity index (χ3n) is 9.85.